The molecule has 0 aliphatic heterocycles. The SMILES string of the molecule is CCc1ccnc(-n2c3ccc(C(C)C)cc3c3ccc(Oc4cccc(-n5nc(C)c(-c6ccccc6)c5C)c4)cc32)c1. The van der Waals surface area contributed by atoms with Crippen LogP contribution in [0.2, 0.25) is 0 Å². The highest BCUT2D eigenvalue weighted by atomic mass is 16.5. The Hall–Kier alpha value is -5.16. The lowest BCUT2D eigenvalue weighted by Crippen LogP contribution is -2.00. The fourth-order valence-electron chi connectivity index (χ4n) is 6.22. The highest BCUT2D eigenvalue weighted by Crippen LogP contribution is 2.37. The van der Waals surface area contributed by atoms with Crippen molar-refractivity contribution in [1.29, 1.82) is 0 Å². The molecule has 0 amide bonds. The second kappa shape index (κ2) is 11.2. The normalized spacial score (nSPS) is 11.6. The first-order chi connectivity index (χ1) is 21.4. The topological polar surface area (TPSA) is 44.9 Å². The molecular formula is C39H36N4O. The number of nitrogens with zero attached hydrogens (tertiary/aromatic N) is 4. The summed E-state index contributed by atoms with van der Waals surface area (Å²) < 4.78 is 10.8. The number of hydrogen-bond acceptors (Lipinski definition) is 3. The van der Waals surface area contributed by atoms with Gasteiger partial charge in [0.1, 0.15) is 17.3 Å². The predicted molar refractivity (Wildman–Crippen MR) is 181 cm³/mol. The van der Waals surface area contributed by atoms with E-state index in [0.717, 1.165) is 57.4 Å². The molecule has 0 spiro atoms. The van der Waals surface area contributed by atoms with Crippen LogP contribution in [0, 0.1) is 13.8 Å². The molecule has 0 bridgehead atoms. The van der Waals surface area contributed by atoms with Gasteiger partial charge in [0.25, 0.3) is 0 Å². The molecule has 218 valence electrons. The van der Waals surface area contributed by atoms with E-state index in [-0.39, 0.29) is 0 Å². The maximum atomic E-state index is 6.53. The van der Waals surface area contributed by atoms with Crippen molar-refractivity contribution in [2.24, 2.45) is 0 Å². The minimum atomic E-state index is 0.445. The van der Waals surface area contributed by atoms with Crippen LogP contribution in [0.4, 0.5) is 0 Å². The van der Waals surface area contributed by atoms with Gasteiger partial charge >= 0.3 is 0 Å². The Kier molecular flexibility index (Phi) is 7.01. The molecule has 0 unspecified atom stereocenters. The predicted octanol–water partition coefficient (Wildman–Crippen LogP) is 10.1. The lowest BCUT2D eigenvalue weighted by molar-refractivity contribution is 0.482. The molecule has 0 aliphatic carbocycles. The van der Waals surface area contributed by atoms with Crippen molar-refractivity contribution in [3.63, 3.8) is 0 Å². The van der Waals surface area contributed by atoms with E-state index in [0.29, 0.717) is 5.92 Å². The van der Waals surface area contributed by atoms with Crippen LogP contribution < -0.4 is 4.74 Å². The monoisotopic (exact) mass is 576 g/mol. The minimum absolute atomic E-state index is 0.445. The van der Waals surface area contributed by atoms with Crippen molar-refractivity contribution in [2.45, 2.75) is 47.0 Å². The number of ether oxygens (including phenoxy) is 1. The summed E-state index contributed by atoms with van der Waals surface area (Å²) in [6, 6.07) is 36.0. The van der Waals surface area contributed by atoms with E-state index in [1.807, 2.05) is 29.1 Å². The molecule has 3 heterocycles. The molecule has 5 heteroatoms. The third-order valence-corrected chi connectivity index (χ3v) is 8.53. The third-order valence-electron chi connectivity index (χ3n) is 8.53. The number of aryl methyl sites for hydroxylation is 2. The van der Waals surface area contributed by atoms with Crippen LogP contribution in [-0.2, 0) is 6.42 Å². The third kappa shape index (κ3) is 4.84. The number of benzene rings is 4. The van der Waals surface area contributed by atoms with Crippen LogP contribution in [0.15, 0.2) is 109 Å². The van der Waals surface area contributed by atoms with Crippen LogP contribution in [0.3, 0.4) is 0 Å². The fraction of sp³-hybridized carbons (Fsp3) is 0.179. The van der Waals surface area contributed by atoms with Gasteiger partial charge in [-0.15, -0.1) is 0 Å². The molecule has 7 rings (SSSR count). The molecule has 0 atom stereocenters. The van der Waals surface area contributed by atoms with E-state index in [1.54, 1.807) is 0 Å². The molecule has 4 aromatic carbocycles. The Morgan fingerprint density at radius 2 is 1.57 bits per heavy atom. The van der Waals surface area contributed by atoms with E-state index >= 15 is 0 Å². The Morgan fingerprint density at radius 3 is 2.36 bits per heavy atom. The highest BCUT2D eigenvalue weighted by molar-refractivity contribution is 6.09. The van der Waals surface area contributed by atoms with Crippen molar-refractivity contribution >= 4 is 21.8 Å². The Balaban J connectivity index is 1.31. The van der Waals surface area contributed by atoms with Gasteiger partial charge < -0.3 is 4.74 Å². The molecule has 0 saturated heterocycles. The van der Waals surface area contributed by atoms with Crippen LogP contribution in [0.1, 0.15) is 49.2 Å². The van der Waals surface area contributed by atoms with Crippen LogP contribution in [0.5, 0.6) is 11.5 Å². The first-order valence-corrected chi connectivity index (χ1v) is 15.3. The van der Waals surface area contributed by atoms with Crippen molar-refractivity contribution in [1.82, 2.24) is 19.3 Å². The Labute approximate surface area is 258 Å². The standard InChI is InChI=1S/C39H36N4O/c1-6-28-19-20-40-38(21-28)42-36-18-15-30(25(2)3)22-35(36)34-17-16-33(24-37(34)42)44-32-14-10-13-31(23-32)43-27(5)39(26(4)41-43)29-11-8-7-9-12-29/h7-25H,6H2,1-5H3. The second-order valence-electron chi connectivity index (χ2n) is 11.7. The van der Waals surface area contributed by atoms with E-state index in [4.69, 9.17) is 14.8 Å². The van der Waals surface area contributed by atoms with Crippen LogP contribution >= 0.6 is 0 Å². The second-order valence-corrected chi connectivity index (χ2v) is 11.7. The Bertz CT molecular complexity index is 2140. The number of aromatic nitrogens is 4. The van der Waals surface area contributed by atoms with E-state index in [9.17, 15) is 0 Å². The zero-order valence-corrected chi connectivity index (χ0v) is 25.9. The van der Waals surface area contributed by atoms with Crippen molar-refractivity contribution in [3.8, 4) is 34.1 Å². The maximum absolute atomic E-state index is 6.53. The van der Waals surface area contributed by atoms with E-state index in [2.05, 4.69) is 124 Å². The summed E-state index contributed by atoms with van der Waals surface area (Å²) in [6.07, 6.45) is 2.86. The zero-order chi connectivity index (χ0) is 30.4. The first-order valence-electron chi connectivity index (χ1n) is 15.3. The first kappa shape index (κ1) is 27.7. The molecule has 44 heavy (non-hydrogen) atoms. The van der Waals surface area contributed by atoms with Gasteiger partial charge in [0.15, 0.2) is 0 Å². The van der Waals surface area contributed by atoms with Gasteiger partial charge in [-0.2, -0.15) is 5.10 Å². The van der Waals surface area contributed by atoms with Gasteiger partial charge in [-0.3, -0.25) is 4.57 Å². The van der Waals surface area contributed by atoms with Gasteiger partial charge in [-0.25, -0.2) is 9.67 Å². The van der Waals surface area contributed by atoms with Crippen molar-refractivity contribution < 1.29 is 4.74 Å². The molecule has 3 aromatic heterocycles. The zero-order valence-electron chi connectivity index (χ0n) is 25.9. The summed E-state index contributed by atoms with van der Waals surface area (Å²) in [5.41, 5.74) is 10.2. The van der Waals surface area contributed by atoms with Gasteiger partial charge in [0.05, 0.1) is 22.4 Å². The van der Waals surface area contributed by atoms with E-state index < -0.39 is 0 Å². The molecule has 0 radical (unpaired) electrons. The average Bonchev–Trinajstić information content (AvgIpc) is 3.53. The summed E-state index contributed by atoms with van der Waals surface area (Å²) in [6.45, 7) is 10.8. The molecule has 7 aromatic rings. The van der Waals surface area contributed by atoms with E-state index in [1.165, 1.54) is 27.5 Å². The lowest BCUT2D eigenvalue weighted by atomic mass is 10.0. The van der Waals surface area contributed by atoms with Crippen molar-refractivity contribution in [2.75, 3.05) is 0 Å². The minimum Gasteiger partial charge on any atom is -0.457 e. The summed E-state index contributed by atoms with van der Waals surface area (Å²) >= 11 is 0. The van der Waals surface area contributed by atoms with Crippen LogP contribution in [0.25, 0.3) is 44.4 Å². The van der Waals surface area contributed by atoms with Gasteiger partial charge in [-0.05, 0) is 91.4 Å². The highest BCUT2D eigenvalue weighted by Gasteiger charge is 2.17. The average molecular weight is 577 g/mol. The molecule has 0 saturated carbocycles. The lowest BCUT2D eigenvalue weighted by Gasteiger charge is -2.11. The molecule has 0 aliphatic rings. The molecule has 0 fully saturated rings. The number of pyridine rings is 1. The maximum Gasteiger partial charge on any atom is 0.137 e. The number of hydrogen-bond donors (Lipinski definition) is 0. The Morgan fingerprint density at radius 1 is 0.750 bits per heavy atom. The van der Waals surface area contributed by atoms with Crippen molar-refractivity contribution in [3.05, 3.63) is 132 Å². The van der Waals surface area contributed by atoms with Gasteiger partial charge in [0.2, 0.25) is 0 Å². The molecular weight excluding hydrogens is 540 g/mol. The largest absolute Gasteiger partial charge is 0.457 e. The smallest absolute Gasteiger partial charge is 0.137 e. The number of rotatable bonds is 7. The van der Waals surface area contributed by atoms with Crippen LogP contribution in [-0.4, -0.2) is 19.3 Å². The summed E-state index contributed by atoms with van der Waals surface area (Å²) in [5.74, 6) is 2.89. The summed E-state index contributed by atoms with van der Waals surface area (Å²) in [4.78, 5) is 4.80. The summed E-state index contributed by atoms with van der Waals surface area (Å²) in [5, 5.41) is 7.31. The summed E-state index contributed by atoms with van der Waals surface area (Å²) in [7, 11) is 0. The molecule has 5 nitrogen and oxygen atoms in total. The molecule has 0 N–H and O–H groups in total. The quantitative estimate of drug-likeness (QED) is 0.190. The number of fused-ring (bicyclic) bond motifs is 3. The fourth-order valence-corrected chi connectivity index (χ4v) is 6.22. The van der Waals surface area contributed by atoms with Gasteiger partial charge in [0, 0.05) is 40.4 Å². The van der Waals surface area contributed by atoms with Gasteiger partial charge in [-0.1, -0.05) is 63.2 Å².